The summed E-state index contributed by atoms with van der Waals surface area (Å²) in [7, 11) is 0. The minimum absolute atomic E-state index is 0.00465. The number of alkyl halides is 6. The smallest absolute Gasteiger partial charge is 0.419 e. The van der Waals surface area contributed by atoms with Crippen molar-refractivity contribution in [3.05, 3.63) is 89.5 Å². The number of hydrogen-bond acceptors (Lipinski definition) is 10. The molecule has 1 aromatic carbocycles. The Kier molecular flexibility index (Phi) is 11.9. The molecule has 0 aliphatic carbocycles. The zero-order chi connectivity index (χ0) is 47.5. The number of nitrogens with two attached hydrogens (primary N) is 2. The average molecular weight is 927 g/mol. The van der Waals surface area contributed by atoms with Crippen molar-refractivity contribution in [1.82, 2.24) is 29.3 Å². The molecule has 0 saturated carbocycles. The van der Waals surface area contributed by atoms with Gasteiger partial charge in [-0.1, -0.05) is 12.1 Å². The summed E-state index contributed by atoms with van der Waals surface area (Å²) in [6.45, 7) is 4.64. The molecule has 0 spiro atoms. The number of aromatic amines is 1. The lowest BCUT2D eigenvalue weighted by Crippen LogP contribution is -2.52. The van der Waals surface area contributed by atoms with Gasteiger partial charge in [0.05, 0.1) is 69.0 Å². The highest BCUT2D eigenvalue weighted by atomic mass is 19.4. The Morgan fingerprint density at radius 3 is 2.15 bits per heavy atom. The van der Waals surface area contributed by atoms with Gasteiger partial charge in [-0.05, 0) is 64.2 Å². The monoisotopic (exact) mass is 926 g/mol. The number of halogens is 7. The van der Waals surface area contributed by atoms with Gasteiger partial charge in [0.1, 0.15) is 17.1 Å². The van der Waals surface area contributed by atoms with Gasteiger partial charge in [-0.2, -0.15) is 31.4 Å². The van der Waals surface area contributed by atoms with E-state index in [1.165, 1.54) is 45.2 Å². The van der Waals surface area contributed by atoms with Crippen LogP contribution in [0.2, 0.25) is 0 Å². The second-order valence-electron chi connectivity index (χ2n) is 17.3. The number of H-pyrrole nitrogens is 1. The Morgan fingerprint density at radius 2 is 1.52 bits per heavy atom. The number of primary amides is 1. The molecule has 0 bridgehead atoms. The first kappa shape index (κ1) is 45.7. The fourth-order valence-electron chi connectivity index (χ4n) is 8.63. The molecule has 2 atom stereocenters. The molecule has 0 radical (unpaired) electrons. The molecule has 16 nitrogen and oxygen atoms in total. The second kappa shape index (κ2) is 17.1. The molecule has 23 heteroatoms. The number of fused-ring (bicyclic) bond motifs is 2. The number of rotatable bonds is 8. The molecular weight excluding hydrogens is 882 g/mol. The normalized spacial score (nSPS) is 17.4. The topological polar surface area (TPSA) is 199 Å². The zero-order valence-corrected chi connectivity index (χ0v) is 35.8. The van der Waals surface area contributed by atoms with Crippen LogP contribution in [0.15, 0.2) is 61.4 Å². The minimum atomic E-state index is -4.99. The van der Waals surface area contributed by atoms with Crippen molar-refractivity contribution >= 4 is 62.8 Å². The summed E-state index contributed by atoms with van der Waals surface area (Å²) < 4.78 is 112. The second-order valence-corrected chi connectivity index (χ2v) is 17.3. The number of benzene rings is 1. The first-order valence-corrected chi connectivity index (χ1v) is 20.9. The molecule has 6 N–H and O–H groups in total. The number of carbonyl (C=O) groups excluding carboxylic acids is 3. The third-order valence-corrected chi connectivity index (χ3v) is 11.4. The molecule has 2 saturated heterocycles. The predicted octanol–water partition coefficient (Wildman–Crippen LogP) is 7.85. The molecule has 8 rings (SSSR count). The SMILES string of the molecule is CC(C)(C)OC(=O)N(c1cn(C(N)=O)c2ncc(C(F)(F)F)c(N3CCC[C@@H](N)C3)c12)[C@@H]1CCCN(c2c(C(F)(F)F)cnc3[nH]cc(NC(=O)c4cnn(Cc5ccc(F)cc5)c4)c23)C1. The van der Waals surface area contributed by atoms with Gasteiger partial charge in [0.25, 0.3) is 5.91 Å². The van der Waals surface area contributed by atoms with Gasteiger partial charge in [-0.25, -0.2) is 23.9 Å². The van der Waals surface area contributed by atoms with E-state index in [1.54, 1.807) is 32.9 Å². The Labute approximate surface area is 371 Å². The number of nitrogens with one attached hydrogen (secondary N) is 2. The van der Waals surface area contributed by atoms with E-state index < -0.39 is 76.4 Å². The van der Waals surface area contributed by atoms with Crippen molar-refractivity contribution in [2.45, 2.75) is 83.0 Å². The van der Waals surface area contributed by atoms with Crippen LogP contribution in [-0.4, -0.2) is 91.2 Å². The van der Waals surface area contributed by atoms with Crippen LogP contribution in [0.3, 0.4) is 0 Å². The average Bonchev–Trinajstić information content (AvgIpc) is 3.98. The molecule has 66 heavy (non-hydrogen) atoms. The summed E-state index contributed by atoms with van der Waals surface area (Å²) in [4.78, 5) is 56.0. The summed E-state index contributed by atoms with van der Waals surface area (Å²) in [6.07, 6.45) is -3.53. The van der Waals surface area contributed by atoms with Gasteiger partial charge in [0, 0.05) is 63.2 Å². The molecular formula is C43H45F7N12O4. The molecule has 6 aromatic rings. The molecule has 7 heterocycles. The number of hydrogen-bond donors (Lipinski definition) is 4. The zero-order valence-electron chi connectivity index (χ0n) is 35.8. The molecule has 2 aliphatic rings. The van der Waals surface area contributed by atoms with Crippen LogP contribution in [0.1, 0.15) is 73.5 Å². The number of nitrogens with zero attached hydrogens (tertiary/aromatic N) is 8. The molecule has 0 unspecified atom stereocenters. The van der Waals surface area contributed by atoms with E-state index in [2.05, 4.69) is 25.4 Å². The van der Waals surface area contributed by atoms with Crippen molar-refractivity contribution in [1.29, 1.82) is 0 Å². The number of carbonyl (C=O) groups is 3. The molecule has 2 fully saturated rings. The summed E-state index contributed by atoms with van der Waals surface area (Å²) in [5.74, 6) is -1.15. The largest absolute Gasteiger partial charge is 0.443 e. The maximum atomic E-state index is 15.1. The third-order valence-electron chi connectivity index (χ3n) is 11.4. The van der Waals surface area contributed by atoms with E-state index in [9.17, 15) is 31.9 Å². The predicted molar refractivity (Wildman–Crippen MR) is 230 cm³/mol. The van der Waals surface area contributed by atoms with Gasteiger partial charge < -0.3 is 36.3 Å². The Morgan fingerprint density at radius 1 is 0.879 bits per heavy atom. The number of anilines is 4. The maximum absolute atomic E-state index is 15.1. The van der Waals surface area contributed by atoms with E-state index in [-0.39, 0.29) is 84.6 Å². The van der Waals surface area contributed by atoms with Crippen molar-refractivity contribution in [2.24, 2.45) is 11.5 Å². The lowest BCUT2D eigenvalue weighted by atomic mass is 9.99. The maximum Gasteiger partial charge on any atom is 0.419 e. The summed E-state index contributed by atoms with van der Waals surface area (Å²) >= 11 is 0. The Bertz CT molecular complexity index is 2810. The van der Waals surface area contributed by atoms with Crippen LogP contribution < -0.4 is 31.5 Å². The van der Waals surface area contributed by atoms with E-state index >= 15 is 13.2 Å². The highest BCUT2D eigenvalue weighted by molar-refractivity contribution is 6.12. The van der Waals surface area contributed by atoms with E-state index in [0.717, 1.165) is 15.7 Å². The number of piperidine rings is 2. The van der Waals surface area contributed by atoms with Crippen LogP contribution in [0.4, 0.5) is 63.1 Å². The third kappa shape index (κ3) is 9.15. The van der Waals surface area contributed by atoms with Crippen molar-refractivity contribution in [3.8, 4) is 0 Å². The van der Waals surface area contributed by atoms with Crippen molar-refractivity contribution < 1.29 is 49.9 Å². The van der Waals surface area contributed by atoms with E-state index in [0.29, 0.717) is 30.8 Å². The van der Waals surface area contributed by atoms with Crippen LogP contribution in [-0.2, 0) is 23.6 Å². The van der Waals surface area contributed by atoms with Crippen LogP contribution in [0, 0.1) is 5.82 Å². The summed E-state index contributed by atoms with van der Waals surface area (Å²) in [5.41, 5.74) is 7.83. The van der Waals surface area contributed by atoms with Gasteiger partial charge in [-0.3, -0.25) is 18.9 Å². The van der Waals surface area contributed by atoms with Crippen molar-refractivity contribution in [3.63, 3.8) is 0 Å². The number of aromatic nitrogens is 6. The molecule has 5 aromatic heterocycles. The summed E-state index contributed by atoms with van der Waals surface area (Å²) in [6, 6.07) is 2.89. The number of amides is 3. The van der Waals surface area contributed by atoms with Crippen LogP contribution in [0.25, 0.3) is 22.1 Å². The summed E-state index contributed by atoms with van der Waals surface area (Å²) in [5, 5.41) is 6.49. The first-order valence-electron chi connectivity index (χ1n) is 20.9. The number of ether oxygens (including phenoxy) is 1. The standard InChI is InChI=1S/C43H45F7N12O4/c1-41(2,3)66-40(65)62(31-22-61(39(52)64)37-33(31)35(29(16-55-37)43(48,49)50)58-12-4-6-26(51)20-58)27-7-5-13-59(21-27)34-28(42(45,46)47)15-53-36-32(34)30(17-54-36)57-38(63)24-14-56-60(19-24)18-23-8-10-25(44)11-9-23/h8-11,14-17,19,22,26-27H,4-7,12-13,18,20-21,51H2,1-3H3,(H2,52,64)(H,53,54)(H,57,63)/t26-,27-/m1/s1. The Balaban J connectivity index is 1.23. The molecule has 3 amide bonds. The van der Waals surface area contributed by atoms with E-state index in [4.69, 9.17) is 16.2 Å². The quantitative estimate of drug-likeness (QED) is 0.109. The Hall–Kier alpha value is -6.91. The van der Waals surface area contributed by atoms with Gasteiger partial charge in [0.15, 0.2) is 5.65 Å². The lowest BCUT2D eigenvalue weighted by molar-refractivity contribution is -0.138. The molecule has 2 aliphatic heterocycles. The highest BCUT2D eigenvalue weighted by Crippen LogP contribution is 2.48. The first-order chi connectivity index (χ1) is 31.1. The lowest BCUT2D eigenvalue weighted by Gasteiger charge is -2.41. The van der Waals surface area contributed by atoms with Gasteiger partial charge >= 0.3 is 24.5 Å². The van der Waals surface area contributed by atoms with Gasteiger partial charge in [-0.15, -0.1) is 0 Å². The van der Waals surface area contributed by atoms with E-state index in [1.807, 2.05) is 0 Å². The fraction of sp³-hybridized carbons (Fsp3) is 0.395. The highest BCUT2D eigenvalue weighted by Gasteiger charge is 2.44. The molecule has 350 valence electrons. The van der Waals surface area contributed by atoms with Crippen LogP contribution >= 0.6 is 0 Å². The fourth-order valence-corrected chi connectivity index (χ4v) is 8.63. The van der Waals surface area contributed by atoms with Crippen LogP contribution in [0.5, 0.6) is 0 Å². The minimum Gasteiger partial charge on any atom is -0.443 e. The number of pyridine rings is 2. The van der Waals surface area contributed by atoms with Gasteiger partial charge in [0.2, 0.25) is 0 Å². The van der Waals surface area contributed by atoms with Crippen molar-refractivity contribution in [2.75, 3.05) is 46.2 Å².